The Labute approximate surface area is 141 Å². The molecule has 0 unspecified atom stereocenters. The van der Waals surface area contributed by atoms with E-state index in [9.17, 15) is 9.59 Å². The number of nitrogens with one attached hydrogen (secondary N) is 1. The average Bonchev–Trinajstić information content (AvgIpc) is 3.20. The Morgan fingerprint density at radius 1 is 1.42 bits per heavy atom. The van der Waals surface area contributed by atoms with Gasteiger partial charge in [-0.3, -0.25) is 9.59 Å². The highest BCUT2D eigenvalue weighted by atomic mass is 16.5. The zero-order valence-corrected chi connectivity index (χ0v) is 14.2. The molecule has 0 atom stereocenters. The van der Waals surface area contributed by atoms with Crippen LogP contribution >= 0.6 is 0 Å². The van der Waals surface area contributed by atoms with Crippen molar-refractivity contribution < 1.29 is 19.1 Å². The van der Waals surface area contributed by atoms with Gasteiger partial charge in [0.15, 0.2) is 0 Å². The van der Waals surface area contributed by atoms with Crippen LogP contribution in [0.2, 0.25) is 0 Å². The number of hydrogen-bond acceptors (Lipinski definition) is 5. The van der Waals surface area contributed by atoms with Crippen LogP contribution in [0.5, 0.6) is 0 Å². The molecule has 7 nitrogen and oxygen atoms in total. The van der Waals surface area contributed by atoms with Crippen molar-refractivity contribution in [2.45, 2.75) is 58.7 Å². The Morgan fingerprint density at radius 2 is 2.21 bits per heavy atom. The number of carbonyl (C=O) groups is 2. The highest BCUT2D eigenvalue weighted by Crippen LogP contribution is 2.41. The molecule has 2 heterocycles. The van der Waals surface area contributed by atoms with Crippen LogP contribution in [-0.4, -0.2) is 34.6 Å². The molecule has 1 aliphatic heterocycles. The Morgan fingerprint density at radius 3 is 2.96 bits per heavy atom. The van der Waals surface area contributed by atoms with E-state index in [1.54, 1.807) is 13.1 Å². The van der Waals surface area contributed by atoms with Crippen LogP contribution in [0, 0.1) is 5.41 Å². The summed E-state index contributed by atoms with van der Waals surface area (Å²) in [5, 5.41) is 3.02. The van der Waals surface area contributed by atoms with Crippen molar-refractivity contribution in [2.24, 2.45) is 5.41 Å². The minimum atomic E-state index is -0.611. The molecule has 132 valence electrons. The fourth-order valence-electron chi connectivity index (χ4n) is 3.68. The highest BCUT2D eigenvalue weighted by molar-refractivity contribution is 5.87. The van der Waals surface area contributed by atoms with Crippen LogP contribution in [0.1, 0.15) is 50.5 Å². The molecule has 1 aliphatic carbocycles. The summed E-state index contributed by atoms with van der Waals surface area (Å²) in [6, 6.07) is 0. The predicted octanol–water partition coefficient (Wildman–Crippen LogP) is 1.54. The van der Waals surface area contributed by atoms with Gasteiger partial charge < -0.3 is 19.4 Å². The van der Waals surface area contributed by atoms with Gasteiger partial charge in [0.2, 0.25) is 5.91 Å². The standard InChI is InChI=1S/C17H25N3O4/c1-2-24-15(21)9-17(5-3-4-6-17)16(22)19-11-13-10-18-14-12-23-8-7-20(13)14/h10H,2-9,11-12H2,1H3,(H,19,22). The van der Waals surface area contributed by atoms with Crippen molar-refractivity contribution >= 4 is 11.9 Å². The van der Waals surface area contributed by atoms with Crippen LogP contribution in [0.15, 0.2) is 6.20 Å². The van der Waals surface area contributed by atoms with Gasteiger partial charge >= 0.3 is 5.97 Å². The van der Waals surface area contributed by atoms with Crippen LogP contribution < -0.4 is 5.32 Å². The number of esters is 1. The number of ether oxygens (including phenoxy) is 2. The van der Waals surface area contributed by atoms with Crippen molar-refractivity contribution in [2.75, 3.05) is 13.2 Å². The second-order valence-corrected chi connectivity index (χ2v) is 6.52. The monoisotopic (exact) mass is 335 g/mol. The molecule has 0 radical (unpaired) electrons. The van der Waals surface area contributed by atoms with E-state index in [4.69, 9.17) is 9.47 Å². The molecule has 1 saturated carbocycles. The minimum Gasteiger partial charge on any atom is -0.466 e. The van der Waals surface area contributed by atoms with E-state index in [0.29, 0.717) is 26.4 Å². The molecule has 3 rings (SSSR count). The molecule has 1 aromatic rings. The van der Waals surface area contributed by atoms with Crippen LogP contribution in [0.3, 0.4) is 0 Å². The summed E-state index contributed by atoms with van der Waals surface area (Å²) in [5.74, 6) is 0.566. The summed E-state index contributed by atoms with van der Waals surface area (Å²) in [6.07, 6.45) is 5.41. The Balaban J connectivity index is 1.64. The van der Waals surface area contributed by atoms with Gasteiger partial charge in [-0.2, -0.15) is 0 Å². The first-order valence-electron chi connectivity index (χ1n) is 8.69. The number of imidazole rings is 1. The fraction of sp³-hybridized carbons (Fsp3) is 0.706. The number of amides is 1. The van der Waals surface area contributed by atoms with Gasteiger partial charge in [-0.15, -0.1) is 0 Å². The van der Waals surface area contributed by atoms with Crippen LogP contribution in [0.4, 0.5) is 0 Å². The molecule has 0 bridgehead atoms. The van der Waals surface area contributed by atoms with Gasteiger partial charge in [-0.25, -0.2) is 4.98 Å². The zero-order valence-electron chi connectivity index (χ0n) is 14.2. The molecule has 24 heavy (non-hydrogen) atoms. The van der Waals surface area contributed by atoms with E-state index in [0.717, 1.165) is 43.7 Å². The predicted molar refractivity (Wildman–Crippen MR) is 85.9 cm³/mol. The molecular formula is C17H25N3O4. The van der Waals surface area contributed by atoms with Crippen molar-refractivity contribution in [3.05, 3.63) is 17.7 Å². The summed E-state index contributed by atoms with van der Waals surface area (Å²) in [4.78, 5) is 29.0. The molecule has 2 aliphatic rings. The number of fused-ring (bicyclic) bond motifs is 1. The third-order valence-corrected chi connectivity index (χ3v) is 4.97. The van der Waals surface area contributed by atoms with Crippen LogP contribution in [-0.2, 0) is 38.8 Å². The van der Waals surface area contributed by atoms with Gasteiger partial charge in [-0.05, 0) is 19.8 Å². The summed E-state index contributed by atoms with van der Waals surface area (Å²) in [6.45, 7) is 4.50. The topological polar surface area (TPSA) is 82.5 Å². The molecular weight excluding hydrogens is 310 g/mol. The molecule has 1 N–H and O–H groups in total. The highest BCUT2D eigenvalue weighted by Gasteiger charge is 2.43. The van der Waals surface area contributed by atoms with Crippen molar-refractivity contribution in [3.8, 4) is 0 Å². The SMILES string of the molecule is CCOC(=O)CC1(C(=O)NCc2cnc3n2CCOC3)CCCC1. The van der Waals surface area contributed by atoms with Gasteiger partial charge in [0, 0.05) is 6.54 Å². The first-order valence-corrected chi connectivity index (χ1v) is 8.69. The lowest BCUT2D eigenvalue weighted by Crippen LogP contribution is -2.41. The van der Waals surface area contributed by atoms with E-state index in [1.165, 1.54) is 0 Å². The first-order chi connectivity index (χ1) is 11.6. The lowest BCUT2D eigenvalue weighted by molar-refractivity contribution is -0.150. The fourth-order valence-corrected chi connectivity index (χ4v) is 3.68. The van der Waals surface area contributed by atoms with Gasteiger partial charge in [-0.1, -0.05) is 12.8 Å². The Kier molecular flexibility index (Phi) is 5.18. The number of aromatic nitrogens is 2. The normalized spacial score (nSPS) is 18.9. The van der Waals surface area contributed by atoms with Crippen molar-refractivity contribution in [1.29, 1.82) is 0 Å². The molecule has 0 aromatic carbocycles. The largest absolute Gasteiger partial charge is 0.466 e. The van der Waals surface area contributed by atoms with E-state index in [2.05, 4.69) is 14.9 Å². The van der Waals surface area contributed by atoms with E-state index in [1.807, 2.05) is 0 Å². The lowest BCUT2D eigenvalue weighted by Gasteiger charge is -2.27. The third kappa shape index (κ3) is 3.45. The Bertz CT molecular complexity index is 605. The third-order valence-electron chi connectivity index (χ3n) is 4.97. The first kappa shape index (κ1) is 17.0. The number of hydrogen-bond donors (Lipinski definition) is 1. The second kappa shape index (κ2) is 7.34. The maximum atomic E-state index is 12.8. The summed E-state index contributed by atoms with van der Waals surface area (Å²) < 4.78 is 12.5. The van der Waals surface area contributed by atoms with Crippen LogP contribution in [0.25, 0.3) is 0 Å². The molecule has 0 spiro atoms. The van der Waals surface area contributed by atoms with E-state index >= 15 is 0 Å². The van der Waals surface area contributed by atoms with Crippen molar-refractivity contribution in [1.82, 2.24) is 14.9 Å². The quantitative estimate of drug-likeness (QED) is 0.798. The smallest absolute Gasteiger partial charge is 0.306 e. The molecule has 0 saturated heterocycles. The molecule has 1 amide bonds. The maximum absolute atomic E-state index is 12.8. The molecule has 1 aromatic heterocycles. The van der Waals surface area contributed by atoms with Crippen molar-refractivity contribution in [3.63, 3.8) is 0 Å². The van der Waals surface area contributed by atoms with Gasteiger partial charge in [0.05, 0.1) is 43.5 Å². The van der Waals surface area contributed by atoms with E-state index in [-0.39, 0.29) is 18.3 Å². The average molecular weight is 335 g/mol. The number of carbonyl (C=O) groups excluding carboxylic acids is 2. The number of rotatable bonds is 6. The zero-order chi connectivity index (χ0) is 17.0. The summed E-state index contributed by atoms with van der Waals surface area (Å²) in [5.41, 5.74) is 0.367. The summed E-state index contributed by atoms with van der Waals surface area (Å²) in [7, 11) is 0. The number of nitrogens with zero attached hydrogens (tertiary/aromatic N) is 2. The van der Waals surface area contributed by atoms with Gasteiger partial charge in [0.1, 0.15) is 12.4 Å². The maximum Gasteiger partial charge on any atom is 0.306 e. The van der Waals surface area contributed by atoms with Gasteiger partial charge in [0.25, 0.3) is 0 Å². The molecule has 7 heteroatoms. The minimum absolute atomic E-state index is 0.0457. The second-order valence-electron chi connectivity index (χ2n) is 6.52. The Hall–Kier alpha value is -1.89. The lowest BCUT2D eigenvalue weighted by atomic mass is 9.81. The summed E-state index contributed by atoms with van der Waals surface area (Å²) >= 11 is 0. The van der Waals surface area contributed by atoms with E-state index < -0.39 is 5.41 Å². The molecule has 1 fully saturated rings.